The first kappa shape index (κ1) is 15.8. The molecule has 5 heteroatoms. The van der Waals surface area contributed by atoms with E-state index in [0.29, 0.717) is 36.7 Å². The van der Waals surface area contributed by atoms with E-state index in [1.54, 1.807) is 25.1 Å². The maximum absolute atomic E-state index is 11.7. The van der Waals surface area contributed by atoms with Crippen LogP contribution in [0.25, 0.3) is 11.0 Å². The van der Waals surface area contributed by atoms with Crippen molar-refractivity contribution in [2.75, 3.05) is 13.2 Å². The molecule has 0 spiro atoms. The van der Waals surface area contributed by atoms with Gasteiger partial charge in [0.1, 0.15) is 18.1 Å². The Bertz CT molecular complexity index is 687. The second-order valence-electron chi connectivity index (χ2n) is 4.62. The molecule has 0 N–H and O–H groups in total. The third kappa shape index (κ3) is 3.36. The lowest BCUT2D eigenvalue weighted by atomic mass is 10.0. The van der Waals surface area contributed by atoms with E-state index < -0.39 is 0 Å². The fourth-order valence-corrected chi connectivity index (χ4v) is 2.25. The summed E-state index contributed by atoms with van der Waals surface area (Å²) in [5.74, 6) is 0.375. The van der Waals surface area contributed by atoms with E-state index in [0.717, 1.165) is 10.9 Å². The van der Waals surface area contributed by atoms with Crippen LogP contribution in [0.3, 0.4) is 0 Å². The first-order valence-corrected chi connectivity index (χ1v) is 7.11. The third-order valence-corrected chi connectivity index (χ3v) is 3.10. The van der Waals surface area contributed by atoms with E-state index in [-0.39, 0.29) is 12.4 Å². The molecule has 0 atom stereocenters. The number of fused-ring (bicyclic) bond motifs is 1. The average Bonchev–Trinajstić information content (AvgIpc) is 2.90. The van der Waals surface area contributed by atoms with E-state index in [2.05, 4.69) is 18.3 Å². The molecule has 0 amide bonds. The average molecular weight is 301 g/mol. The van der Waals surface area contributed by atoms with Gasteiger partial charge in [-0.2, -0.15) is 0 Å². The molecule has 22 heavy (non-hydrogen) atoms. The predicted octanol–water partition coefficient (Wildman–Crippen LogP) is 3.23. The van der Waals surface area contributed by atoms with Gasteiger partial charge < -0.3 is 14.0 Å². The van der Waals surface area contributed by atoms with Gasteiger partial charge in [0.25, 0.3) is 0 Å². The molecule has 2 aromatic rings. The molecule has 1 aromatic heterocycles. The Kier molecular flexibility index (Phi) is 5.36. The lowest BCUT2D eigenvalue weighted by Gasteiger charge is -2.10. The number of allylic oxidation sites excluding steroid dienone is 1. The second-order valence-corrected chi connectivity index (χ2v) is 4.62. The van der Waals surface area contributed by atoms with Gasteiger partial charge in [-0.3, -0.25) is 4.79 Å². The van der Waals surface area contributed by atoms with Gasteiger partial charge in [-0.25, -0.2) is 0 Å². The number of rotatable bonds is 8. The van der Waals surface area contributed by atoms with Crippen molar-refractivity contribution in [3.63, 3.8) is 0 Å². The monoisotopic (exact) mass is 301 g/mol. The van der Waals surface area contributed by atoms with Crippen LogP contribution in [0.1, 0.15) is 18.2 Å². The number of benzene rings is 1. The van der Waals surface area contributed by atoms with Gasteiger partial charge in [-0.05, 0) is 25.5 Å². The van der Waals surface area contributed by atoms with E-state index in [1.807, 2.05) is 6.07 Å². The van der Waals surface area contributed by atoms with Gasteiger partial charge in [0, 0.05) is 5.56 Å². The normalized spacial score (nSPS) is 10.4. The molecule has 0 aliphatic rings. The largest absolute Gasteiger partial charge is 0.489 e. The highest BCUT2D eigenvalue weighted by Gasteiger charge is 2.19. The SMILES string of the molecule is C=CCOc1ccc2onc(CC(=O)OCC)c2c1CC=C. The van der Waals surface area contributed by atoms with Gasteiger partial charge in [-0.15, -0.1) is 6.58 Å². The Balaban J connectivity index is 2.46. The molecule has 0 saturated carbocycles. The summed E-state index contributed by atoms with van der Waals surface area (Å²) in [7, 11) is 0. The van der Waals surface area contributed by atoms with Gasteiger partial charge in [0.2, 0.25) is 0 Å². The lowest BCUT2D eigenvalue weighted by Crippen LogP contribution is -2.08. The smallest absolute Gasteiger partial charge is 0.312 e. The fourth-order valence-electron chi connectivity index (χ4n) is 2.25. The van der Waals surface area contributed by atoms with E-state index in [4.69, 9.17) is 14.0 Å². The summed E-state index contributed by atoms with van der Waals surface area (Å²) in [5.41, 5.74) is 2.06. The molecule has 0 unspecified atom stereocenters. The van der Waals surface area contributed by atoms with Crippen LogP contribution in [-0.2, 0) is 22.4 Å². The van der Waals surface area contributed by atoms with E-state index in [9.17, 15) is 4.79 Å². The van der Waals surface area contributed by atoms with Crippen molar-refractivity contribution < 1.29 is 18.8 Å². The molecule has 1 heterocycles. The van der Waals surface area contributed by atoms with Gasteiger partial charge >= 0.3 is 5.97 Å². The van der Waals surface area contributed by atoms with Crippen molar-refractivity contribution in [1.29, 1.82) is 0 Å². The van der Waals surface area contributed by atoms with Gasteiger partial charge in [0.15, 0.2) is 5.58 Å². The minimum absolute atomic E-state index is 0.0654. The zero-order valence-corrected chi connectivity index (χ0v) is 12.6. The molecule has 1 aromatic carbocycles. The number of aromatic nitrogens is 1. The summed E-state index contributed by atoms with van der Waals surface area (Å²) >= 11 is 0. The molecule has 0 aliphatic carbocycles. The summed E-state index contributed by atoms with van der Waals surface area (Å²) in [6, 6.07) is 3.60. The second kappa shape index (κ2) is 7.45. The number of esters is 1. The van der Waals surface area contributed by atoms with Crippen LogP contribution in [0.15, 0.2) is 42.0 Å². The lowest BCUT2D eigenvalue weighted by molar-refractivity contribution is -0.142. The van der Waals surface area contributed by atoms with Crippen LogP contribution >= 0.6 is 0 Å². The Morgan fingerprint density at radius 2 is 2.18 bits per heavy atom. The molecular weight excluding hydrogens is 282 g/mol. The topological polar surface area (TPSA) is 61.6 Å². The Morgan fingerprint density at radius 3 is 2.86 bits per heavy atom. The highest BCUT2D eigenvalue weighted by molar-refractivity contribution is 5.89. The Morgan fingerprint density at radius 1 is 1.36 bits per heavy atom. The van der Waals surface area contributed by atoms with Crippen LogP contribution in [0, 0.1) is 0 Å². The first-order chi connectivity index (χ1) is 10.7. The van der Waals surface area contributed by atoms with Crippen LogP contribution in [0.2, 0.25) is 0 Å². The summed E-state index contributed by atoms with van der Waals surface area (Å²) in [6.45, 7) is 9.91. The number of carbonyl (C=O) groups is 1. The van der Waals surface area contributed by atoms with Crippen molar-refractivity contribution in [3.8, 4) is 5.75 Å². The molecule has 5 nitrogen and oxygen atoms in total. The number of carbonyl (C=O) groups excluding carboxylic acids is 1. The minimum Gasteiger partial charge on any atom is -0.489 e. The molecule has 0 fully saturated rings. The molecule has 0 saturated heterocycles. The number of hydrogen-bond acceptors (Lipinski definition) is 5. The van der Waals surface area contributed by atoms with Crippen molar-refractivity contribution in [3.05, 3.63) is 48.7 Å². The van der Waals surface area contributed by atoms with Crippen molar-refractivity contribution in [1.82, 2.24) is 5.16 Å². The molecule has 0 radical (unpaired) electrons. The van der Waals surface area contributed by atoms with Crippen LogP contribution < -0.4 is 4.74 Å². The predicted molar refractivity (Wildman–Crippen MR) is 83.9 cm³/mol. The minimum atomic E-state index is -0.334. The molecule has 116 valence electrons. The molecule has 0 aliphatic heterocycles. The van der Waals surface area contributed by atoms with Crippen molar-refractivity contribution in [2.45, 2.75) is 19.8 Å². The summed E-state index contributed by atoms with van der Waals surface area (Å²) in [4.78, 5) is 11.7. The zero-order valence-electron chi connectivity index (χ0n) is 12.6. The number of hydrogen-bond donors (Lipinski definition) is 0. The maximum Gasteiger partial charge on any atom is 0.312 e. The maximum atomic E-state index is 11.7. The molecule has 2 rings (SSSR count). The molecule has 0 bridgehead atoms. The molecular formula is C17H19NO4. The summed E-state index contributed by atoms with van der Waals surface area (Å²) in [5, 5.41) is 4.78. The summed E-state index contributed by atoms with van der Waals surface area (Å²) < 4.78 is 16.0. The highest BCUT2D eigenvalue weighted by Crippen LogP contribution is 2.31. The van der Waals surface area contributed by atoms with Crippen molar-refractivity contribution >= 4 is 16.9 Å². The first-order valence-electron chi connectivity index (χ1n) is 7.11. The van der Waals surface area contributed by atoms with Gasteiger partial charge in [0.05, 0.1) is 18.4 Å². The van der Waals surface area contributed by atoms with E-state index in [1.165, 1.54) is 0 Å². The Labute approximate surface area is 129 Å². The highest BCUT2D eigenvalue weighted by atomic mass is 16.5. The number of nitrogens with zero attached hydrogens (tertiary/aromatic N) is 1. The summed E-state index contributed by atoms with van der Waals surface area (Å²) in [6.07, 6.45) is 4.10. The standard InChI is InChI=1S/C17H19NO4/c1-4-7-12-14(21-10-5-2)8-9-15-17(12)13(18-22-15)11-16(19)20-6-3/h4-5,8-9H,1-2,6-7,10-11H2,3H3. The van der Waals surface area contributed by atoms with Crippen LogP contribution in [-0.4, -0.2) is 24.3 Å². The van der Waals surface area contributed by atoms with Crippen molar-refractivity contribution in [2.24, 2.45) is 0 Å². The van der Waals surface area contributed by atoms with Crippen LogP contribution in [0.4, 0.5) is 0 Å². The Hall–Kier alpha value is -2.56. The third-order valence-electron chi connectivity index (χ3n) is 3.10. The van der Waals surface area contributed by atoms with Gasteiger partial charge in [-0.1, -0.05) is 23.9 Å². The zero-order chi connectivity index (χ0) is 15.9. The van der Waals surface area contributed by atoms with E-state index >= 15 is 0 Å². The number of ether oxygens (including phenoxy) is 2. The van der Waals surface area contributed by atoms with Crippen LogP contribution in [0.5, 0.6) is 5.75 Å². The quantitative estimate of drug-likeness (QED) is 0.553. The fraction of sp³-hybridized carbons (Fsp3) is 0.294.